The maximum atomic E-state index is 13.2. The second kappa shape index (κ2) is 10.6. The molecule has 188 valence electrons. The summed E-state index contributed by atoms with van der Waals surface area (Å²) in [5, 5.41) is 16.2. The Kier molecular flexibility index (Phi) is 7.51. The molecule has 3 N–H and O–H groups in total. The highest BCUT2D eigenvalue weighted by Gasteiger charge is 2.36. The highest BCUT2D eigenvalue weighted by Crippen LogP contribution is 2.30. The maximum Gasteiger partial charge on any atom is 0.273 e. The van der Waals surface area contributed by atoms with E-state index in [-0.39, 0.29) is 36.7 Å². The number of amides is 2. The predicted molar refractivity (Wildman–Crippen MR) is 138 cm³/mol. The lowest BCUT2D eigenvalue weighted by atomic mass is 10.0. The summed E-state index contributed by atoms with van der Waals surface area (Å²) in [4.78, 5) is 40.9. The summed E-state index contributed by atoms with van der Waals surface area (Å²) in [5.41, 5.74) is 3.66. The van der Waals surface area contributed by atoms with Crippen molar-refractivity contribution in [3.8, 4) is 11.4 Å². The lowest BCUT2D eigenvalue weighted by Gasteiger charge is -2.26. The van der Waals surface area contributed by atoms with Crippen LogP contribution in [0.2, 0.25) is 5.02 Å². The van der Waals surface area contributed by atoms with Crippen LogP contribution in [-0.4, -0.2) is 55.5 Å². The maximum absolute atomic E-state index is 13.2. The molecule has 0 bridgehead atoms. The average molecular weight is 509 g/mol. The number of nitrogens with one attached hydrogen (secondary N) is 2. The van der Waals surface area contributed by atoms with E-state index in [1.165, 1.54) is 11.1 Å². The zero-order chi connectivity index (χ0) is 26.0. The van der Waals surface area contributed by atoms with Crippen molar-refractivity contribution in [1.29, 1.82) is 0 Å². The van der Waals surface area contributed by atoms with Crippen molar-refractivity contribution >= 4 is 29.4 Å². The molecular weight excluding hydrogens is 480 g/mol. The van der Waals surface area contributed by atoms with E-state index in [0.717, 1.165) is 11.1 Å². The third-order valence-corrected chi connectivity index (χ3v) is 6.25. The molecule has 9 nitrogen and oxygen atoms in total. The van der Waals surface area contributed by atoms with Gasteiger partial charge in [-0.15, -0.1) is 0 Å². The first-order valence-electron chi connectivity index (χ1n) is 11.8. The first kappa shape index (κ1) is 25.5. The summed E-state index contributed by atoms with van der Waals surface area (Å²) < 4.78 is 0. The lowest BCUT2D eigenvalue weighted by molar-refractivity contribution is -0.126. The number of aliphatic hydroxyl groups excluding tert-OH is 1. The number of fused-ring (bicyclic) bond motifs is 1. The van der Waals surface area contributed by atoms with E-state index >= 15 is 0 Å². The molecule has 0 saturated heterocycles. The van der Waals surface area contributed by atoms with Gasteiger partial charge >= 0.3 is 0 Å². The minimum Gasteiger partial charge on any atom is -0.394 e. The van der Waals surface area contributed by atoms with E-state index in [4.69, 9.17) is 11.6 Å². The third-order valence-electron chi connectivity index (χ3n) is 5.98. The van der Waals surface area contributed by atoms with Gasteiger partial charge in [0, 0.05) is 18.2 Å². The molecule has 0 saturated carbocycles. The van der Waals surface area contributed by atoms with E-state index in [1.54, 1.807) is 19.1 Å². The summed E-state index contributed by atoms with van der Waals surface area (Å²) in [6.07, 6.45) is 1.50. The highest BCUT2D eigenvalue weighted by atomic mass is 35.5. The van der Waals surface area contributed by atoms with Crippen LogP contribution in [0.3, 0.4) is 0 Å². The van der Waals surface area contributed by atoms with Crippen molar-refractivity contribution in [1.82, 2.24) is 25.2 Å². The fourth-order valence-electron chi connectivity index (χ4n) is 4.07. The van der Waals surface area contributed by atoms with Gasteiger partial charge in [-0.25, -0.2) is 15.0 Å². The second-order valence-corrected chi connectivity index (χ2v) is 9.57. The summed E-state index contributed by atoms with van der Waals surface area (Å²) in [6.45, 7) is 7.55. The molecule has 2 aromatic heterocycles. The van der Waals surface area contributed by atoms with Crippen LogP contribution in [0.4, 0.5) is 5.95 Å². The van der Waals surface area contributed by atoms with Crippen LogP contribution in [-0.2, 0) is 11.3 Å². The van der Waals surface area contributed by atoms with Crippen molar-refractivity contribution in [3.05, 3.63) is 70.0 Å². The van der Waals surface area contributed by atoms with Crippen molar-refractivity contribution in [2.45, 2.75) is 52.4 Å². The zero-order valence-electron chi connectivity index (χ0n) is 20.6. The fourth-order valence-corrected chi connectivity index (χ4v) is 4.25. The second-order valence-electron chi connectivity index (χ2n) is 9.16. The zero-order valence-corrected chi connectivity index (χ0v) is 21.4. The number of nitrogens with zero attached hydrogens (tertiary/aromatic N) is 4. The molecule has 2 amide bonds. The number of hydrogen-bond donors (Lipinski definition) is 3. The molecule has 4 rings (SSSR count). The van der Waals surface area contributed by atoms with Crippen molar-refractivity contribution < 1.29 is 14.7 Å². The molecule has 1 aliphatic heterocycles. The van der Waals surface area contributed by atoms with Gasteiger partial charge in [-0.3, -0.25) is 9.59 Å². The minimum atomic E-state index is -0.765. The Bertz CT molecular complexity index is 1300. The summed E-state index contributed by atoms with van der Waals surface area (Å²) in [7, 11) is 0. The molecule has 1 unspecified atom stereocenters. The first-order valence-corrected chi connectivity index (χ1v) is 12.1. The largest absolute Gasteiger partial charge is 0.394 e. The minimum absolute atomic E-state index is 0.131. The van der Waals surface area contributed by atoms with Crippen LogP contribution >= 0.6 is 11.6 Å². The fraction of sp³-hybridized carbons (Fsp3) is 0.346. The van der Waals surface area contributed by atoms with Gasteiger partial charge in [-0.2, -0.15) is 0 Å². The standard InChI is InChI=1S/C26H29ClN6O3/c1-14(2)29-26-28-11-19(27)23(32-26)20-9-8-18-12-33(25(36)22(18)30-20)16(4)24(35)31-21(13-34)17-7-5-6-15(3)10-17/h5-11,14,16,21,34H,12-13H2,1-4H3,(H,31,35)(H,28,29,32)/t16?,21-/m1/s1. The van der Waals surface area contributed by atoms with Crippen LogP contribution < -0.4 is 10.6 Å². The number of halogens is 1. The first-order chi connectivity index (χ1) is 17.2. The van der Waals surface area contributed by atoms with Gasteiger partial charge in [-0.05, 0) is 39.3 Å². The Hall–Kier alpha value is -3.56. The molecule has 3 heterocycles. The quantitative estimate of drug-likeness (QED) is 0.425. The molecule has 36 heavy (non-hydrogen) atoms. The van der Waals surface area contributed by atoms with Crippen molar-refractivity contribution in [2.75, 3.05) is 11.9 Å². The molecule has 3 aromatic rings. The van der Waals surface area contributed by atoms with E-state index in [2.05, 4.69) is 25.6 Å². The average Bonchev–Trinajstić information content (AvgIpc) is 3.18. The number of pyridine rings is 1. The van der Waals surface area contributed by atoms with Gasteiger partial charge in [0.05, 0.1) is 29.6 Å². The summed E-state index contributed by atoms with van der Waals surface area (Å²) in [5.74, 6) is -0.298. The molecular formula is C26H29ClN6O3. The van der Waals surface area contributed by atoms with Crippen LogP contribution in [0.25, 0.3) is 11.4 Å². The molecule has 0 fully saturated rings. The molecule has 10 heteroatoms. The Morgan fingerprint density at radius 1 is 1.17 bits per heavy atom. The molecule has 0 aliphatic carbocycles. The molecule has 0 radical (unpaired) electrons. The van der Waals surface area contributed by atoms with Gasteiger partial charge in [0.15, 0.2) is 0 Å². The van der Waals surface area contributed by atoms with Gasteiger partial charge in [0.25, 0.3) is 5.91 Å². The smallest absolute Gasteiger partial charge is 0.273 e. The van der Waals surface area contributed by atoms with E-state index in [1.807, 2.05) is 45.0 Å². The van der Waals surface area contributed by atoms with Crippen molar-refractivity contribution in [2.24, 2.45) is 0 Å². The van der Waals surface area contributed by atoms with Crippen molar-refractivity contribution in [3.63, 3.8) is 0 Å². The number of aromatic nitrogens is 3. The van der Waals surface area contributed by atoms with Crippen LogP contribution in [0.1, 0.15) is 54.0 Å². The number of aryl methyl sites for hydroxylation is 1. The molecule has 0 spiro atoms. The Balaban J connectivity index is 1.52. The van der Waals surface area contributed by atoms with Gasteiger partial charge in [0.2, 0.25) is 11.9 Å². The van der Waals surface area contributed by atoms with E-state index < -0.39 is 12.1 Å². The SMILES string of the molecule is Cc1cccc([C@@H](CO)NC(=O)C(C)N2Cc3ccc(-c4nc(NC(C)C)ncc4Cl)nc3C2=O)c1. The monoisotopic (exact) mass is 508 g/mol. The number of rotatable bonds is 8. The normalized spacial score (nSPS) is 14.5. The van der Waals surface area contributed by atoms with Crippen LogP contribution in [0, 0.1) is 6.92 Å². The van der Waals surface area contributed by atoms with Crippen LogP contribution in [0.5, 0.6) is 0 Å². The molecule has 2 atom stereocenters. The van der Waals surface area contributed by atoms with E-state index in [0.29, 0.717) is 27.9 Å². The number of hydrogen-bond acceptors (Lipinski definition) is 7. The third kappa shape index (κ3) is 5.32. The van der Waals surface area contributed by atoms with Gasteiger partial charge in [0.1, 0.15) is 17.4 Å². The lowest BCUT2D eigenvalue weighted by Crippen LogP contribution is -2.46. The highest BCUT2D eigenvalue weighted by molar-refractivity contribution is 6.32. The summed E-state index contributed by atoms with van der Waals surface area (Å²) >= 11 is 6.34. The number of benzene rings is 1. The van der Waals surface area contributed by atoms with Gasteiger partial charge in [-0.1, -0.05) is 47.5 Å². The number of carbonyl (C=O) groups is 2. The van der Waals surface area contributed by atoms with E-state index in [9.17, 15) is 14.7 Å². The van der Waals surface area contributed by atoms with Gasteiger partial charge < -0.3 is 20.6 Å². The Labute approximate surface area is 214 Å². The Morgan fingerprint density at radius 3 is 2.64 bits per heavy atom. The number of anilines is 1. The number of carbonyl (C=O) groups excluding carboxylic acids is 2. The van der Waals surface area contributed by atoms with Crippen LogP contribution in [0.15, 0.2) is 42.6 Å². The number of aliphatic hydroxyl groups is 1. The predicted octanol–water partition coefficient (Wildman–Crippen LogP) is 3.51. The molecule has 1 aromatic carbocycles. The summed E-state index contributed by atoms with van der Waals surface area (Å²) in [6, 6.07) is 9.93. The molecule has 1 aliphatic rings. The Morgan fingerprint density at radius 2 is 1.94 bits per heavy atom. The topological polar surface area (TPSA) is 120 Å².